The topological polar surface area (TPSA) is 76.7 Å². The Labute approximate surface area is 247 Å². The Morgan fingerprint density at radius 3 is 2.27 bits per heavy atom. The first-order chi connectivity index (χ1) is 19.4. The number of anilines is 1. The summed E-state index contributed by atoms with van der Waals surface area (Å²) in [5, 5.41) is 7.33. The van der Waals surface area contributed by atoms with E-state index in [1.54, 1.807) is 24.3 Å². The summed E-state index contributed by atoms with van der Waals surface area (Å²) in [6.45, 7) is 7.35. The fraction of sp³-hybridized carbons (Fsp3) is 0.375. The van der Waals surface area contributed by atoms with E-state index < -0.39 is 12.0 Å². The van der Waals surface area contributed by atoms with Crippen molar-refractivity contribution >= 4 is 40.7 Å². The van der Waals surface area contributed by atoms with Gasteiger partial charge in [0.1, 0.15) is 11.9 Å². The van der Waals surface area contributed by atoms with Gasteiger partial charge in [0, 0.05) is 40.6 Å². The van der Waals surface area contributed by atoms with Crippen molar-refractivity contribution in [2.24, 2.45) is 5.92 Å². The zero-order valence-corrected chi connectivity index (χ0v) is 24.8. The Bertz CT molecular complexity index is 1230. The molecule has 2 N–H and O–H groups in total. The van der Waals surface area contributed by atoms with Gasteiger partial charge in [0.05, 0.1) is 25.2 Å². The van der Waals surface area contributed by atoms with Gasteiger partial charge in [0.15, 0.2) is 0 Å². The van der Waals surface area contributed by atoms with Crippen molar-refractivity contribution in [3.63, 3.8) is 0 Å². The van der Waals surface area contributed by atoms with Gasteiger partial charge in [-0.05, 0) is 49.7 Å². The molecule has 0 spiro atoms. The molecule has 2 aliphatic heterocycles. The minimum atomic E-state index is -0.463. The van der Waals surface area contributed by atoms with Gasteiger partial charge in [-0.2, -0.15) is 0 Å². The third-order valence-corrected chi connectivity index (χ3v) is 7.01. The number of hydrogen-bond acceptors (Lipinski definition) is 4. The van der Waals surface area contributed by atoms with Crippen LogP contribution in [-0.2, 0) is 14.3 Å². The van der Waals surface area contributed by atoms with E-state index in [4.69, 9.17) is 32.7 Å². The van der Waals surface area contributed by atoms with Crippen LogP contribution in [0.1, 0.15) is 56.7 Å². The molecule has 2 saturated heterocycles. The summed E-state index contributed by atoms with van der Waals surface area (Å²) in [6.07, 6.45) is 2.49. The zero-order valence-electron chi connectivity index (χ0n) is 23.3. The van der Waals surface area contributed by atoms with Gasteiger partial charge in [0.25, 0.3) is 0 Å². The molecule has 0 saturated carbocycles. The van der Waals surface area contributed by atoms with E-state index in [1.165, 1.54) is 0 Å². The molecule has 40 heavy (non-hydrogen) atoms. The van der Waals surface area contributed by atoms with E-state index in [-0.39, 0.29) is 17.9 Å². The molecule has 2 amide bonds. The molecule has 2 aliphatic rings. The number of nitrogens with one attached hydrogen (secondary N) is 2. The highest BCUT2D eigenvalue weighted by Crippen LogP contribution is 2.37. The first kappa shape index (κ1) is 31.5. The summed E-state index contributed by atoms with van der Waals surface area (Å²) in [7, 11) is 0. The second-order valence-corrected chi connectivity index (χ2v) is 10.3. The summed E-state index contributed by atoms with van der Waals surface area (Å²) >= 11 is 11.6. The average Bonchev–Trinajstić information content (AvgIpc) is 2.96. The van der Waals surface area contributed by atoms with E-state index in [0.29, 0.717) is 42.5 Å². The fourth-order valence-corrected chi connectivity index (χ4v) is 4.92. The third-order valence-electron chi connectivity index (χ3n) is 6.53. The Kier molecular flexibility index (Phi) is 12.8. The lowest BCUT2D eigenvalue weighted by Crippen LogP contribution is -2.43. The molecule has 2 atom stereocenters. The monoisotopic (exact) mass is 584 g/mol. The van der Waals surface area contributed by atoms with Crippen LogP contribution >= 0.6 is 23.2 Å². The second kappa shape index (κ2) is 16.3. The van der Waals surface area contributed by atoms with Crippen LogP contribution in [0.2, 0.25) is 10.0 Å². The number of rotatable bonds is 5. The standard InChI is InChI=1S/C24H27ClN2O4.C6H5Cl.C2H6/c1-15-5-7-21(31-18-9-11-30-12-10-18)20(13-15)23-19(6-8-22(28)27-23)24(29)26-17-4-2-3-16(25)14-17;7-6-4-2-1-3-5-6;1-2/h2-5,7,13-14,18-19,23H,6,8-12H2,1H3,(H,26,29)(H,27,28);1-5H;1-2H3. The molecular formula is C32H38Cl2N2O4. The van der Waals surface area contributed by atoms with Gasteiger partial charge in [-0.25, -0.2) is 0 Å². The second-order valence-electron chi connectivity index (χ2n) is 9.46. The van der Waals surface area contributed by atoms with Crippen LogP contribution in [0.5, 0.6) is 5.75 Å². The van der Waals surface area contributed by atoms with E-state index in [2.05, 4.69) is 10.6 Å². The van der Waals surface area contributed by atoms with Gasteiger partial charge >= 0.3 is 0 Å². The number of aryl methyl sites for hydroxylation is 1. The summed E-state index contributed by atoms with van der Waals surface area (Å²) in [5.41, 5.74) is 2.52. The van der Waals surface area contributed by atoms with E-state index in [0.717, 1.165) is 29.0 Å². The number of halogens is 2. The molecule has 0 radical (unpaired) electrons. The molecule has 0 aromatic heterocycles. The molecule has 5 rings (SSSR count). The predicted octanol–water partition coefficient (Wildman–Crippen LogP) is 7.78. The Morgan fingerprint density at radius 1 is 0.925 bits per heavy atom. The average molecular weight is 586 g/mol. The molecular weight excluding hydrogens is 547 g/mol. The number of ether oxygens (including phenoxy) is 2. The maximum absolute atomic E-state index is 13.2. The van der Waals surface area contributed by atoms with Crippen molar-refractivity contribution in [2.45, 2.75) is 58.6 Å². The highest BCUT2D eigenvalue weighted by Gasteiger charge is 2.37. The van der Waals surface area contributed by atoms with Crippen LogP contribution < -0.4 is 15.4 Å². The van der Waals surface area contributed by atoms with E-state index >= 15 is 0 Å². The van der Waals surface area contributed by atoms with E-state index in [1.807, 2.05) is 69.3 Å². The lowest BCUT2D eigenvalue weighted by molar-refractivity contribution is -0.128. The Balaban J connectivity index is 0.000000422. The fourth-order valence-electron chi connectivity index (χ4n) is 4.58. The smallest absolute Gasteiger partial charge is 0.229 e. The number of carbonyl (C=O) groups excluding carboxylic acids is 2. The minimum Gasteiger partial charge on any atom is -0.490 e. The van der Waals surface area contributed by atoms with Gasteiger partial charge in [-0.3, -0.25) is 9.59 Å². The van der Waals surface area contributed by atoms with Crippen molar-refractivity contribution < 1.29 is 19.1 Å². The SMILES string of the molecule is CC.Cc1ccc(OC2CCOCC2)c(C2NC(=O)CCC2C(=O)Nc2cccc(Cl)c2)c1.Clc1ccccc1. The number of hydrogen-bond donors (Lipinski definition) is 2. The first-order valence-corrected chi connectivity index (χ1v) is 14.6. The van der Waals surface area contributed by atoms with Gasteiger partial charge in [0.2, 0.25) is 11.8 Å². The number of piperidine rings is 1. The maximum Gasteiger partial charge on any atom is 0.229 e. The third kappa shape index (κ3) is 9.54. The number of carbonyl (C=O) groups is 2. The van der Waals surface area contributed by atoms with Crippen LogP contribution in [0, 0.1) is 12.8 Å². The highest BCUT2D eigenvalue weighted by molar-refractivity contribution is 6.31. The molecule has 6 nitrogen and oxygen atoms in total. The van der Waals surface area contributed by atoms with Crippen molar-refractivity contribution in [3.8, 4) is 5.75 Å². The van der Waals surface area contributed by atoms with Gasteiger partial charge < -0.3 is 20.1 Å². The quantitative estimate of drug-likeness (QED) is 0.321. The van der Waals surface area contributed by atoms with Crippen LogP contribution in [0.15, 0.2) is 72.8 Å². The molecule has 214 valence electrons. The molecule has 2 fully saturated rings. The number of benzene rings is 3. The molecule has 0 bridgehead atoms. The largest absolute Gasteiger partial charge is 0.490 e. The van der Waals surface area contributed by atoms with Crippen LogP contribution in [-0.4, -0.2) is 31.1 Å². The molecule has 2 unspecified atom stereocenters. The molecule has 3 aromatic rings. The summed E-state index contributed by atoms with van der Waals surface area (Å²) in [6, 6.07) is 22.0. The summed E-state index contributed by atoms with van der Waals surface area (Å²) in [4.78, 5) is 25.5. The van der Waals surface area contributed by atoms with Crippen molar-refractivity contribution in [2.75, 3.05) is 18.5 Å². The van der Waals surface area contributed by atoms with E-state index in [9.17, 15) is 9.59 Å². The number of amides is 2. The van der Waals surface area contributed by atoms with Crippen molar-refractivity contribution in [3.05, 3.63) is 94.0 Å². The van der Waals surface area contributed by atoms with Crippen molar-refractivity contribution in [1.29, 1.82) is 0 Å². The van der Waals surface area contributed by atoms with Crippen LogP contribution in [0.3, 0.4) is 0 Å². The Morgan fingerprint density at radius 2 is 1.62 bits per heavy atom. The first-order valence-electron chi connectivity index (χ1n) is 13.8. The highest BCUT2D eigenvalue weighted by atomic mass is 35.5. The molecule has 0 aliphatic carbocycles. The minimum absolute atomic E-state index is 0.0599. The molecule has 3 aromatic carbocycles. The molecule has 8 heteroatoms. The normalized spacial score (nSPS) is 18.7. The Hall–Kier alpha value is -3.06. The molecule has 2 heterocycles. The van der Waals surface area contributed by atoms with Gasteiger partial charge in [-0.15, -0.1) is 0 Å². The maximum atomic E-state index is 13.2. The van der Waals surface area contributed by atoms with Crippen molar-refractivity contribution in [1.82, 2.24) is 5.32 Å². The lowest BCUT2D eigenvalue weighted by Gasteiger charge is -2.34. The summed E-state index contributed by atoms with van der Waals surface area (Å²) in [5.74, 6) is 0.0851. The van der Waals surface area contributed by atoms with Crippen LogP contribution in [0.25, 0.3) is 0 Å². The lowest BCUT2D eigenvalue weighted by atomic mass is 9.84. The van der Waals surface area contributed by atoms with Gasteiger partial charge in [-0.1, -0.05) is 79.0 Å². The zero-order chi connectivity index (χ0) is 28.9. The summed E-state index contributed by atoms with van der Waals surface area (Å²) < 4.78 is 11.7. The predicted molar refractivity (Wildman–Crippen MR) is 162 cm³/mol. The van der Waals surface area contributed by atoms with Crippen LogP contribution in [0.4, 0.5) is 5.69 Å².